The normalized spacial score (nSPS) is 12.6. The second-order valence-electron chi connectivity index (χ2n) is 9.43. The van der Waals surface area contributed by atoms with Crippen LogP contribution in [0.15, 0.2) is 72.9 Å². The molecule has 0 radical (unpaired) electrons. The number of benzene rings is 3. The van der Waals surface area contributed by atoms with Crippen molar-refractivity contribution in [3.8, 4) is 5.75 Å². The molecule has 4 rings (SSSR count). The minimum absolute atomic E-state index is 0.0382. The minimum Gasteiger partial charge on any atom is -0.484 e. The lowest BCUT2D eigenvalue weighted by Gasteiger charge is -2.29. The summed E-state index contributed by atoms with van der Waals surface area (Å²) in [6.45, 7) is 4.17. The fourth-order valence-electron chi connectivity index (χ4n) is 4.71. The number of pyridine rings is 1. The zero-order valence-electron chi connectivity index (χ0n) is 21.8. The largest absolute Gasteiger partial charge is 0.484 e. The van der Waals surface area contributed by atoms with Crippen LogP contribution in [0.4, 0.5) is 0 Å². The smallest absolute Gasteiger partial charge is 0.305 e. The molecular formula is C31H30Cl2N2O4. The Balaban J connectivity index is 1.71. The maximum Gasteiger partial charge on any atom is 0.305 e. The molecule has 1 heterocycles. The molecule has 0 fully saturated rings. The van der Waals surface area contributed by atoms with E-state index < -0.39 is 5.97 Å². The minimum atomic E-state index is -0.958. The van der Waals surface area contributed by atoms with Crippen molar-refractivity contribution in [2.75, 3.05) is 6.54 Å². The van der Waals surface area contributed by atoms with Gasteiger partial charge in [0, 0.05) is 39.7 Å². The summed E-state index contributed by atoms with van der Waals surface area (Å²) in [6, 6.07) is 20.7. The number of amides is 1. The molecule has 8 heteroatoms. The predicted molar refractivity (Wildman–Crippen MR) is 155 cm³/mol. The Labute approximate surface area is 237 Å². The molecule has 1 amide bonds. The fraction of sp³-hybridized carbons (Fsp3) is 0.258. The van der Waals surface area contributed by atoms with E-state index in [1.54, 1.807) is 18.3 Å². The van der Waals surface area contributed by atoms with Crippen LogP contribution < -0.4 is 10.1 Å². The Bertz CT molecular complexity index is 1460. The molecule has 2 unspecified atom stereocenters. The van der Waals surface area contributed by atoms with Gasteiger partial charge in [-0.1, -0.05) is 60.8 Å². The van der Waals surface area contributed by atoms with Crippen LogP contribution in [-0.2, 0) is 4.79 Å². The van der Waals surface area contributed by atoms with E-state index in [0.717, 1.165) is 40.4 Å². The first-order valence-corrected chi connectivity index (χ1v) is 13.6. The second-order valence-corrected chi connectivity index (χ2v) is 10.3. The summed E-state index contributed by atoms with van der Waals surface area (Å²) in [5.74, 6) is -0.624. The zero-order valence-corrected chi connectivity index (χ0v) is 23.3. The number of aliphatic carboxylic acids is 1. The van der Waals surface area contributed by atoms with Crippen molar-refractivity contribution < 1.29 is 19.4 Å². The molecule has 0 saturated heterocycles. The molecule has 0 bridgehead atoms. The second kappa shape index (κ2) is 13.0. The van der Waals surface area contributed by atoms with Crippen LogP contribution in [0.2, 0.25) is 10.0 Å². The van der Waals surface area contributed by atoms with E-state index in [-0.39, 0.29) is 30.9 Å². The molecule has 2 atom stereocenters. The molecule has 0 spiro atoms. The topological polar surface area (TPSA) is 88.5 Å². The maximum absolute atomic E-state index is 12.5. The predicted octanol–water partition coefficient (Wildman–Crippen LogP) is 7.76. The van der Waals surface area contributed by atoms with Crippen LogP contribution in [0.1, 0.15) is 65.3 Å². The molecular weight excluding hydrogens is 535 g/mol. The molecule has 0 aliphatic carbocycles. The average Bonchev–Trinajstić information content (AvgIpc) is 2.91. The van der Waals surface area contributed by atoms with Gasteiger partial charge in [0.2, 0.25) is 0 Å². The summed E-state index contributed by atoms with van der Waals surface area (Å²) in [6.07, 6.45) is 3.00. The lowest BCUT2D eigenvalue weighted by Crippen LogP contribution is -2.26. The SMILES string of the molecule is CCCC(c1ccc(C(=O)NCCC(=O)O)cc1)C(Oc1ccnc2c(C)cc(Cl)cc12)c1ccc(Cl)cc1. The van der Waals surface area contributed by atoms with Crippen molar-refractivity contribution in [3.05, 3.63) is 105 Å². The lowest BCUT2D eigenvalue weighted by molar-refractivity contribution is -0.136. The summed E-state index contributed by atoms with van der Waals surface area (Å²) >= 11 is 12.6. The number of rotatable bonds is 11. The summed E-state index contributed by atoms with van der Waals surface area (Å²) in [5.41, 5.74) is 4.25. The van der Waals surface area contributed by atoms with Gasteiger partial charge in [0.1, 0.15) is 11.9 Å². The third-order valence-electron chi connectivity index (χ3n) is 6.60. The van der Waals surface area contributed by atoms with Gasteiger partial charge in [0.15, 0.2) is 0 Å². The van der Waals surface area contributed by atoms with E-state index in [1.165, 1.54) is 0 Å². The van der Waals surface area contributed by atoms with Gasteiger partial charge in [-0.3, -0.25) is 14.6 Å². The number of ether oxygens (including phenoxy) is 1. The number of hydrogen-bond donors (Lipinski definition) is 2. The molecule has 0 saturated carbocycles. The highest BCUT2D eigenvalue weighted by atomic mass is 35.5. The van der Waals surface area contributed by atoms with Gasteiger partial charge in [-0.25, -0.2) is 0 Å². The number of hydrogen-bond acceptors (Lipinski definition) is 4. The number of aryl methyl sites for hydroxylation is 1. The molecule has 3 aromatic carbocycles. The Morgan fingerprint density at radius 3 is 2.33 bits per heavy atom. The van der Waals surface area contributed by atoms with Gasteiger partial charge in [-0.05, 0) is 72.5 Å². The van der Waals surface area contributed by atoms with Crippen molar-refractivity contribution in [3.63, 3.8) is 0 Å². The monoisotopic (exact) mass is 564 g/mol. The van der Waals surface area contributed by atoms with E-state index in [2.05, 4.69) is 17.2 Å². The molecule has 4 aromatic rings. The first-order valence-electron chi connectivity index (χ1n) is 12.8. The zero-order chi connectivity index (χ0) is 27.9. The van der Waals surface area contributed by atoms with Gasteiger partial charge >= 0.3 is 5.97 Å². The van der Waals surface area contributed by atoms with E-state index in [0.29, 0.717) is 21.4 Å². The molecule has 6 nitrogen and oxygen atoms in total. The van der Waals surface area contributed by atoms with E-state index in [1.807, 2.05) is 61.5 Å². The number of carboxylic acid groups (broad SMARTS) is 1. The first kappa shape index (κ1) is 28.4. The van der Waals surface area contributed by atoms with Gasteiger partial charge in [0.25, 0.3) is 5.91 Å². The van der Waals surface area contributed by atoms with Gasteiger partial charge in [-0.15, -0.1) is 0 Å². The Hall–Kier alpha value is -3.61. The van der Waals surface area contributed by atoms with E-state index >= 15 is 0 Å². The Morgan fingerprint density at radius 1 is 0.974 bits per heavy atom. The van der Waals surface area contributed by atoms with Crippen molar-refractivity contribution in [1.29, 1.82) is 0 Å². The van der Waals surface area contributed by atoms with Crippen LogP contribution in [-0.4, -0.2) is 28.5 Å². The van der Waals surface area contributed by atoms with Crippen LogP contribution in [0.25, 0.3) is 10.9 Å². The molecule has 0 aliphatic rings. The van der Waals surface area contributed by atoms with Gasteiger partial charge < -0.3 is 15.2 Å². The van der Waals surface area contributed by atoms with Crippen molar-refractivity contribution in [2.45, 2.75) is 45.1 Å². The Kier molecular flexibility index (Phi) is 9.44. The van der Waals surface area contributed by atoms with E-state index in [9.17, 15) is 9.59 Å². The van der Waals surface area contributed by atoms with Crippen LogP contribution in [0, 0.1) is 6.92 Å². The number of halogens is 2. The molecule has 2 N–H and O–H groups in total. The highest BCUT2D eigenvalue weighted by Gasteiger charge is 2.27. The number of fused-ring (bicyclic) bond motifs is 1. The number of carboxylic acids is 1. The van der Waals surface area contributed by atoms with Gasteiger partial charge in [-0.2, -0.15) is 0 Å². The lowest BCUT2D eigenvalue weighted by atomic mass is 9.85. The number of nitrogens with one attached hydrogen (secondary N) is 1. The van der Waals surface area contributed by atoms with Crippen LogP contribution >= 0.6 is 23.2 Å². The highest BCUT2D eigenvalue weighted by Crippen LogP contribution is 2.41. The summed E-state index contributed by atoms with van der Waals surface area (Å²) in [4.78, 5) is 27.8. The molecule has 1 aromatic heterocycles. The van der Waals surface area contributed by atoms with Crippen LogP contribution in [0.3, 0.4) is 0 Å². The summed E-state index contributed by atoms with van der Waals surface area (Å²) < 4.78 is 6.81. The number of nitrogens with zero attached hydrogens (tertiary/aromatic N) is 1. The molecule has 39 heavy (non-hydrogen) atoms. The standard InChI is InChI=1S/C31H30Cl2N2O4/c1-3-4-25(20-5-7-22(8-6-20)31(38)35-16-14-28(36)37)30(21-9-11-23(32)12-10-21)39-27-13-15-34-29-19(2)17-24(33)18-26(27)29/h5-13,15,17-18,25,30H,3-4,14,16H2,1-2H3,(H,35,38)(H,36,37). The van der Waals surface area contributed by atoms with Crippen molar-refractivity contribution in [1.82, 2.24) is 10.3 Å². The van der Waals surface area contributed by atoms with Gasteiger partial charge in [0.05, 0.1) is 11.9 Å². The fourth-order valence-corrected chi connectivity index (χ4v) is 5.11. The first-order chi connectivity index (χ1) is 18.8. The highest BCUT2D eigenvalue weighted by molar-refractivity contribution is 6.31. The Morgan fingerprint density at radius 2 is 1.67 bits per heavy atom. The third-order valence-corrected chi connectivity index (χ3v) is 7.07. The summed E-state index contributed by atoms with van der Waals surface area (Å²) in [7, 11) is 0. The molecule has 202 valence electrons. The quantitative estimate of drug-likeness (QED) is 0.194. The summed E-state index contributed by atoms with van der Waals surface area (Å²) in [5, 5.41) is 13.6. The maximum atomic E-state index is 12.5. The number of aromatic nitrogens is 1. The van der Waals surface area contributed by atoms with Crippen LogP contribution in [0.5, 0.6) is 5.75 Å². The molecule has 0 aliphatic heterocycles. The third kappa shape index (κ3) is 7.08. The van der Waals surface area contributed by atoms with Crippen molar-refractivity contribution >= 4 is 46.0 Å². The number of carbonyl (C=O) groups is 2. The van der Waals surface area contributed by atoms with Crippen molar-refractivity contribution in [2.24, 2.45) is 0 Å². The average molecular weight is 565 g/mol. The number of carbonyl (C=O) groups excluding carboxylic acids is 1. The van der Waals surface area contributed by atoms with E-state index in [4.69, 9.17) is 33.0 Å².